The van der Waals surface area contributed by atoms with Crippen LogP contribution in [0, 0.1) is 0 Å². The van der Waals surface area contributed by atoms with Crippen molar-refractivity contribution in [3.05, 3.63) is 84.2 Å². The lowest BCUT2D eigenvalue weighted by atomic mass is 10.1. The quantitative estimate of drug-likeness (QED) is 0.432. The smallest absolute Gasteiger partial charge is 0.264 e. The van der Waals surface area contributed by atoms with Gasteiger partial charge >= 0.3 is 0 Å². The van der Waals surface area contributed by atoms with Gasteiger partial charge in [-0.05, 0) is 23.8 Å². The lowest BCUT2D eigenvalue weighted by molar-refractivity contribution is -0.118. The first kappa shape index (κ1) is 19.7. The molecule has 0 saturated carbocycles. The fraction of sp³-hybridized carbons (Fsp3) is 0.0833. The zero-order valence-corrected chi connectivity index (χ0v) is 17.2. The molecule has 1 aromatic heterocycles. The van der Waals surface area contributed by atoms with Gasteiger partial charge in [0.05, 0.1) is 12.8 Å². The van der Waals surface area contributed by atoms with Crippen molar-refractivity contribution in [2.45, 2.75) is 0 Å². The Morgan fingerprint density at radius 2 is 1.73 bits per heavy atom. The number of nitrogens with one attached hydrogen (secondary N) is 1. The van der Waals surface area contributed by atoms with Crippen molar-refractivity contribution in [2.75, 3.05) is 19.0 Å². The molecule has 0 radical (unpaired) electrons. The van der Waals surface area contributed by atoms with Crippen molar-refractivity contribution in [1.29, 1.82) is 0 Å². The topological polar surface area (TPSA) is 60.5 Å². The van der Waals surface area contributed by atoms with Gasteiger partial charge in [-0.3, -0.25) is 10.1 Å². The van der Waals surface area contributed by atoms with Crippen molar-refractivity contribution in [1.82, 2.24) is 4.98 Å². The minimum atomic E-state index is -0.260. The van der Waals surface area contributed by atoms with Crippen LogP contribution in [0.1, 0.15) is 0 Å². The van der Waals surface area contributed by atoms with Gasteiger partial charge in [0.2, 0.25) is 0 Å². The van der Waals surface area contributed by atoms with Gasteiger partial charge < -0.3 is 9.47 Å². The zero-order valence-electron chi connectivity index (χ0n) is 16.4. The Morgan fingerprint density at radius 3 is 2.57 bits per heavy atom. The van der Waals surface area contributed by atoms with E-state index in [1.165, 1.54) is 11.3 Å². The van der Waals surface area contributed by atoms with Crippen molar-refractivity contribution in [3.63, 3.8) is 0 Å². The predicted octanol–water partition coefficient (Wildman–Crippen LogP) is 5.50. The number of rotatable bonds is 7. The second kappa shape index (κ2) is 9.24. The summed E-state index contributed by atoms with van der Waals surface area (Å²) in [5, 5.41) is 5.23. The number of para-hydroxylation sites is 1. The molecule has 1 amide bonds. The molecule has 1 heterocycles. The Balaban J connectivity index is 1.40. The molecule has 5 nitrogen and oxygen atoms in total. The molecule has 1 N–H and O–H groups in total. The highest BCUT2D eigenvalue weighted by molar-refractivity contribution is 7.14. The minimum Gasteiger partial charge on any atom is -0.497 e. The van der Waals surface area contributed by atoms with Crippen LogP contribution in [0.4, 0.5) is 5.13 Å². The van der Waals surface area contributed by atoms with Gasteiger partial charge in [0, 0.05) is 16.5 Å². The average Bonchev–Trinajstić information content (AvgIpc) is 3.27. The number of nitrogens with zero attached hydrogens (tertiary/aromatic N) is 1. The van der Waals surface area contributed by atoms with Crippen molar-refractivity contribution in [3.8, 4) is 33.9 Å². The second-order valence-electron chi connectivity index (χ2n) is 6.47. The lowest BCUT2D eigenvalue weighted by Crippen LogP contribution is -2.20. The fourth-order valence-corrected chi connectivity index (χ4v) is 3.73. The van der Waals surface area contributed by atoms with E-state index in [0.29, 0.717) is 10.9 Å². The molecule has 0 saturated heterocycles. The molecular weight excluding hydrogens is 396 g/mol. The van der Waals surface area contributed by atoms with Crippen molar-refractivity contribution >= 4 is 22.4 Å². The normalized spacial score (nSPS) is 10.4. The lowest BCUT2D eigenvalue weighted by Gasteiger charge is -2.11. The Bertz CT molecular complexity index is 1140. The summed E-state index contributed by atoms with van der Waals surface area (Å²) < 4.78 is 11.0. The number of carbonyl (C=O) groups is 1. The first-order chi connectivity index (χ1) is 14.7. The highest BCUT2D eigenvalue weighted by atomic mass is 32.1. The number of thiazole rings is 1. The number of amides is 1. The number of hydrogen-bond donors (Lipinski definition) is 1. The van der Waals surface area contributed by atoms with Crippen LogP contribution in [-0.2, 0) is 4.79 Å². The maximum Gasteiger partial charge on any atom is 0.264 e. The molecule has 0 bridgehead atoms. The number of carbonyl (C=O) groups excluding carboxylic acids is 1. The summed E-state index contributed by atoms with van der Waals surface area (Å²) in [6, 6.07) is 25.3. The molecule has 0 aliphatic rings. The number of methoxy groups -OCH3 is 1. The highest BCUT2D eigenvalue weighted by Crippen LogP contribution is 2.30. The summed E-state index contributed by atoms with van der Waals surface area (Å²) in [6.45, 7) is -0.0993. The zero-order chi connectivity index (χ0) is 20.8. The van der Waals surface area contributed by atoms with E-state index in [1.807, 2.05) is 84.2 Å². The molecule has 6 heteroatoms. The number of benzene rings is 3. The number of anilines is 1. The third kappa shape index (κ3) is 4.67. The number of aromatic nitrogens is 1. The molecule has 30 heavy (non-hydrogen) atoms. The van der Waals surface area contributed by atoms with Gasteiger partial charge in [-0.25, -0.2) is 4.98 Å². The van der Waals surface area contributed by atoms with Crippen LogP contribution in [-0.4, -0.2) is 24.6 Å². The summed E-state index contributed by atoms with van der Waals surface area (Å²) in [5.41, 5.74) is 3.69. The van der Waals surface area contributed by atoms with Crippen molar-refractivity contribution in [2.24, 2.45) is 0 Å². The number of hydrogen-bond acceptors (Lipinski definition) is 5. The molecule has 0 spiro atoms. The summed E-state index contributed by atoms with van der Waals surface area (Å²) in [6.07, 6.45) is 0. The molecule has 0 aliphatic heterocycles. The average molecular weight is 417 g/mol. The Labute approximate surface area is 178 Å². The molecule has 0 aliphatic carbocycles. The van der Waals surface area contributed by atoms with E-state index in [0.717, 1.165) is 28.1 Å². The van der Waals surface area contributed by atoms with Crippen LogP contribution in [0.2, 0.25) is 0 Å². The van der Waals surface area contributed by atoms with E-state index in [1.54, 1.807) is 7.11 Å². The van der Waals surface area contributed by atoms with Gasteiger partial charge in [0.1, 0.15) is 11.5 Å². The van der Waals surface area contributed by atoms with Crippen LogP contribution in [0.5, 0.6) is 11.5 Å². The van der Waals surface area contributed by atoms with Crippen LogP contribution in [0.3, 0.4) is 0 Å². The molecule has 0 fully saturated rings. The SMILES string of the molecule is COc1cccc(-c2csc(NC(=O)COc3ccccc3-c3ccccc3)n2)c1. The van der Waals surface area contributed by atoms with E-state index in [-0.39, 0.29) is 12.5 Å². The first-order valence-corrected chi connectivity index (χ1v) is 10.3. The molecule has 150 valence electrons. The molecule has 0 unspecified atom stereocenters. The van der Waals surface area contributed by atoms with Crippen LogP contribution < -0.4 is 14.8 Å². The van der Waals surface area contributed by atoms with E-state index in [9.17, 15) is 4.79 Å². The predicted molar refractivity (Wildman–Crippen MR) is 120 cm³/mol. The summed E-state index contributed by atoms with van der Waals surface area (Å²) >= 11 is 1.37. The molecular formula is C24H20N2O3S. The molecule has 0 atom stereocenters. The first-order valence-electron chi connectivity index (χ1n) is 9.40. The third-order valence-electron chi connectivity index (χ3n) is 4.45. The second-order valence-corrected chi connectivity index (χ2v) is 7.33. The highest BCUT2D eigenvalue weighted by Gasteiger charge is 2.11. The van der Waals surface area contributed by atoms with E-state index in [4.69, 9.17) is 9.47 Å². The van der Waals surface area contributed by atoms with Crippen LogP contribution in [0.25, 0.3) is 22.4 Å². The number of ether oxygens (including phenoxy) is 2. The monoisotopic (exact) mass is 416 g/mol. The maximum absolute atomic E-state index is 12.4. The summed E-state index contributed by atoms with van der Waals surface area (Å²) in [5.74, 6) is 1.16. The van der Waals surface area contributed by atoms with Gasteiger partial charge in [0.25, 0.3) is 5.91 Å². The van der Waals surface area contributed by atoms with Gasteiger partial charge in [0.15, 0.2) is 11.7 Å². The van der Waals surface area contributed by atoms with Gasteiger partial charge in [-0.1, -0.05) is 60.7 Å². The van der Waals surface area contributed by atoms with Gasteiger partial charge in [-0.2, -0.15) is 0 Å². The maximum atomic E-state index is 12.4. The molecule has 4 aromatic rings. The van der Waals surface area contributed by atoms with Crippen LogP contribution in [0.15, 0.2) is 84.2 Å². The Morgan fingerprint density at radius 1 is 0.967 bits per heavy atom. The van der Waals surface area contributed by atoms with E-state index >= 15 is 0 Å². The minimum absolute atomic E-state index is 0.0993. The molecule has 4 rings (SSSR count). The fourth-order valence-electron chi connectivity index (χ4n) is 2.99. The molecule has 3 aromatic carbocycles. The van der Waals surface area contributed by atoms with E-state index in [2.05, 4.69) is 10.3 Å². The van der Waals surface area contributed by atoms with Gasteiger partial charge in [-0.15, -0.1) is 11.3 Å². The Hall–Kier alpha value is -3.64. The van der Waals surface area contributed by atoms with Crippen LogP contribution >= 0.6 is 11.3 Å². The van der Waals surface area contributed by atoms with E-state index < -0.39 is 0 Å². The standard InChI is InChI=1S/C24H20N2O3S/c1-28-19-11-7-10-18(14-19)21-16-30-24(25-21)26-23(27)15-29-22-13-6-5-12-20(22)17-8-3-2-4-9-17/h2-14,16H,15H2,1H3,(H,25,26,27). The Kier molecular flexibility index (Phi) is 6.06. The van der Waals surface area contributed by atoms with Crippen molar-refractivity contribution < 1.29 is 14.3 Å². The summed E-state index contributed by atoms with van der Waals surface area (Å²) in [7, 11) is 1.63. The summed E-state index contributed by atoms with van der Waals surface area (Å²) in [4.78, 5) is 16.9. The largest absolute Gasteiger partial charge is 0.497 e. The third-order valence-corrected chi connectivity index (χ3v) is 5.20.